The molecule has 0 saturated carbocycles. The Hall–Kier alpha value is -2.93. The lowest BCUT2D eigenvalue weighted by Gasteiger charge is -2.28. The van der Waals surface area contributed by atoms with Gasteiger partial charge in [-0.1, -0.05) is 89.0 Å². The van der Waals surface area contributed by atoms with Crippen LogP contribution in [0.15, 0.2) is 72.8 Å². The molecule has 0 unspecified atom stereocenters. The lowest BCUT2D eigenvalue weighted by Crippen LogP contribution is -2.25. The van der Waals surface area contributed by atoms with Gasteiger partial charge >= 0.3 is 0 Å². The summed E-state index contributed by atoms with van der Waals surface area (Å²) in [5.74, 6) is 9.58. The predicted molar refractivity (Wildman–Crippen MR) is 115 cm³/mol. The summed E-state index contributed by atoms with van der Waals surface area (Å²) in [6, 6.07) is 24.4. The van der Waals surface area contributed by atoms with Crippen LogP contribution >= 0.6 is 11.6 Å². The maximum absolute atomic E-state index is 6.11. The molecule has 0 saturated heterocycles. The second-order valence-corrected chi connectivity index (χ2v) is 7.20. The summed E-state index contributed by atoms with van der Waals surface area (Å²) < 4.78 is 0. The monoisotopic (exact) mass is 368 g/mol. The van der Waals surface area contributed by atoms with Crippen LogP contribution in [0.2, 0.25) is 5.02 Å². The van der Waals surface area contributed by atoms with Gasteiger partial charge < -0.3 is 0 Å². The van der Waals surface area contributed by atoms with E-state index in [9.17, 15) is 0 Å². The molecule has 3 rings (SSSR count). The number of rotatable bonds is 3. The minimum absolute atomic E-state index is 0.540. The summed E-state index contributed by atoms with van der Waals surface area (Å²) in [6.45, 7) is 4.15. The highest BCUT2D eigenvalue weighted by Gasteiger charge is 2.31. The molecule has 0 aliphatic carbocycles. The van der Waals surface area contributed by atoms with E-state index in [0.717, 1.165) is 16.7 Å². The lowest BCUT2D eigenvalue weighted by atomic mass is 9.72. The normalized spacial score (nSPS) is 10.6. The zero-order chi connectivity index (χ0) is 19.3. The summed E-state index contributed by atoms with van der Waals surface area (Å²) in [5, 5.41) is 0.706. The van der Waals surface area contributed by atoms with E-state index in [1.807, 2.05) is 24.3 Å². The van der Waals surface area contributed by atoms with Crippen molar-refractivity contribution in [3.63, 3.8) is 0 Å². The summed E-state index contributed by atoms with van der Waals surface area (Å²) >= 11 is 5.95. The quantitative estimate of drug-likeness (QED) is 0.474. The molecule has 0 aliphatic rings. The number of terminal acetylenes is 1. The van der Waals surface area contributed by atoms with Crippen molar-refractivity contribution >= 4 is 11.6 Å². The maximum Gasteiger partial charge on any atom is 0.0918 e. The topological polar surface area (TPSA) is 0 Å². The lowest BCUT2D eigenvalue weighted by molar-refractivity contribution is 0.692. The number of hydrogen-bond donors (Lipinski definition) is 0. The van der Waals surface area contributed by atoms with E-state index in [4.69, 9.17) is 18.0 Å². The van der Waals surface area contributed by atoms with Gasteiger partial charge in [-0.05, 0) is 49.2 Å². The second-order valence-electron chi connectivity index (χ2n) is 6.77. The largest absolute Gasteiger partial charge is 0.119 e. The van der Waals surface area contributed by atoms with Crippen LogP contribution in [-0.2, 0) is 5.41 Å². The number of benzene rings is 3. The first-order valence-electron chi connectivity index (χ1n) is 8.90. The number of aryl methyl sites for hydroxylation is 2. The first kappa shape index (κ1) is 18.8. The zero-order valence-corrected chi connectivity index (χ0v) is 16.3. The molecule has 0 atom stereocenters. The molecule has 0 radical (unpaired) electrons. The van der Waals surface area contributed by atoms with E-state index in [1.54, 1.807) is 0 Å². The van der Waals surface area contributed by atoms with Gasteiger partial charge in [0.05, 0.1) is 5.41 Å². The van der Waals surface area contributed by atoms with E-state index in [0.29, 0.717) is 11.4 Å². The minimum Gasteiger partial charge on any atom is -0.119 e. The molecule has 0 heterocycles. The average molecular weight is 369 g/mol. The van der Waals surface area contributed by atoms with Crippen molar-refractivity contribution in [2.75, 3.05) is 0 Å². The fraction of sp³-hybridized carbons (Fsp3) is 0.154. The molecular formula is C26H21Cl. The Kier molecular flexibility index (Phi) is 5.71. The minimum atomic E-state index is -0.583. The van der Waals surface area contributed by atoms with E-state index in [-0.39, 0.29) is 0 Å². The molecule has 132 valence electrons. The SMILES string of the molecule is C#CC(CC#Cc1ccc(Cl)cc1)(c1ccc(C)cc1)c1ccc(C)cc1. The van der Waals surface area contributed by atoms with Gasteiger partial charge in [-0.3, -0.25) is 0 Å². The smallest absolute Gasteiger partial charge is 0.0918 e. The van der Waals surface area contributed by atoms with E-state index in [1.165, 1.54) is 11.1 Å². The average Bonchev–Trinajstić information content (AvgIpc) is 2.69. The highest BCUT2D eigenvalue weighted by atomic mass is 35.5. The number of halogens is 1. The van der Waals surface area contributed by atoms with Crippen molar-refractivity contribution < 1.29 is 0 Å². The van der Waals surface area contributed by atoms with Crippen molar-refractivity contribution in [3.05, 3.63) is 106 Å². The molecule has 0 aromatic heterocycles. The molecule has 0 fully saturated rings. The van der Waals surface area contributed by atoms with E-state index >= 15 is 0 Å². The van der Waals surface area contributed by atoms with Crippen molar-refractivity contribution in [2.24, 2.45) is 0 Å². The fourth-order valence-corrected chi connectivity index (χ4v) is 3.20. The van der Waals surface area contributed by atoms with Gasteiger partial charge in [0.15, 0.2) is 0 Å². The van der Waals surface area contributed by atoms with Gasteiger partial charge in [-0.2, -0.15) is 0 Å². The zero-order valence-electron chi connectivity index (χ0n) is 15.6. The standard InChI is InChI=1S/C26H21Cl/c1-4-26(23-13-7-20(2)8-14-23,24-15-9-21(3)10-16-24)19-5-6-22-11-17-25(27)18-12-22/h1,7-18H,19H2,2-3H3. The molecule has 3 aromatic carbocycles. The Labute approximate surface area is 167 Å². The van der Waals surface area contributed by atoms with Crippen LogP contribution in [0.4, 0.5) is 0 Å². The molecule has 0 aliphatic heterocycles. The van der Waals surface area contributed by atoms with Gasteiger partial charge in [-0.15, -0.1) is 6.42 Å². The van der Waals surface area contributed by atoms with E-state index < -0.39 is 5.41 Å². The van der Waals surface area contributed by atoms with Crippen LogP contribution in [0.1, 0.15) is 34.2 Å². The molecule has 1 heteroatoms. The third-order valence-electron chi connectivity index (χ3n) is 4.77. The Morgan fingerprint density at radius 3 is 1.70 bits per heavy atom. The third kappa shape index (κ3) is 4.25. The Morgan fingerprint density at radius 1 is 0.778 bits per heavy atom. The molecule has 0 bridgehead atoms. The van der Waals surface area contributed by atoms with Crippen molar-refractivity contribution in [1.82, 2.24) is 0 Å². The van der Waals surface area contributed by atoms with Crippen molar-refractivity contribution in [2.45, 2.75) is 25.7 Å². The summed E-state index contributed by atoms with van der Waals surface area (Å²) in [6.07, 6.45) is 6.65. The molecule has 27 heavy (non-hydrogen) atoms. The van der Waals surface area contributed by atoms with Crippen molar-refractivity contribution in [3.8, 4) is 24.2 Å². The summed E-state index contributed by atoms with van der Waals surface area (Å²) in [5.41, 5.74) is 4.94. The molecule has 0 amide bonds. The Bertz CT molecular complexity index is 960. The highest BCUT2D eigenvalue weighted by Crippen LogP contribution is 2.35. The van der Waals surface area contributed by atoms with Crippen LogP contribution in [0, 0.1) is 38.0 Å². The van der Waals surface area contributed by atoms with Crippen LogP contribution in [0.25, 0.3) is 0 Å². The highest BCUT2D eigenvalue weighted by molar-refractivity contribution is 6.30. The van der Waals surface area contributed by atoms with Crippen LogP contribution in [-0.4, -0.2) is 0 Å². The van der Waals surface area contributed by atoms with Crippen molar-refractivity contribution in [1.29, 1.82) is 0 Å². The molecule has 0 spiro atoms. The first-order chi connectivity index (χ1) is 13.0. The second kappa shape index (κ2) is 8.18. The predicted octanol–water partition coefficient (Wildman–Crippen LogP) is 6.32. The van der Waals surface area contributed by atoms with Crippen LogP contribution < -0.4 is 0 Å². The first-order valence-corrected chi connectivity index (χ1v) is 9.28. The summed E-state index contributed by atoms with van der Waals surface area (Å²) in [7, 11) is 0. The Morgan fingerprint density at radius 2 is 1.26 bits per heavy atom. The van der Waals surface area contributed by atoms with Gasteiger partial charge in [0.25, 0.3) is 0 Å². The van der Waals surface area contributed by atoms with Crippen LogP contribution in [0.5, 0.6) is 0 Å². The molecular weight excluding hydrogens is 348 g/mol. The molecule has 0 nitrogen and oxygen atoms in total. The van der Waals surface area contributed by atoms with E-state index in [2.05, 4.69) is 80.1 Å². The Balaban J connectivity index is 2.04. The number of hydrogen-bond acceptors (Lipinski definition) is 0. The third-order valence-corrected chi connectivity index (χ3v) is 5.02. The van der Waals surface area contributed by atoms with Gasteiger partial charge in [0.1, 0.15) is 0 Å². The fourth-order valence-electron chi connectivity index (χ4n) is 3.08. The molecule has 0 N–H and O–H groups in total. The van der Waals surface area contributed by atoms with Crippen LogP contribution in [0.3, 0.4) is 0 Å². The summed E-state index contributed by atoms with van der Waals surface area (Å²) in [4.78, 5) is 0. The van der Waals surface area contributed by atoms with Gasteiger partial charge in [0, 0.05) is 17.0 Å². The van der Waals surface area contributed by atoms with Gasteiger partial charge in [0.2, 0.25) is 0 Å². The maximum atomic E-state index is 6.11. The van der Waals surface area contributed by atoms with Gasteiger partial charge in [-0.25, -0.2) is 0 Å². The molecule has 3 aromatic rings.